The van der Waals surface area contributed by atoms with Crippen molar-refractivity contribution in [1.29, 1.82) is 0 Å². The van der Waals surface area contributed by atoms with Crippen molar-refractivity contribution in [3.63, 3.8) is 0 Å². The molecule has 8 heteroatoms. The number of hydrogen-bond donors (Lipinski definition) is 1. The van der Waals surface area contributed by atoms with E-state index in [-0.39, 0.29) is 24.2 Å². The smallest absolute Gasteiger partial charge is 0.337 e. The highest BCUT2D eigenvalue weighted by Crippen LogP contribution is 2.52. The number of allylic oxidation sites excluding steroid dienone is 3. The van der Waals surface area contributed by atoms with Gasteiger partial charge in [0, 0.05) is 34.9 Å². The molecule has 5 rings (SSSR count). The van der Waals surface area contributed by atoms with Crippen LogP contribution >= 0.6 is 0 Å². The maximum atomic E-state index is 14.1. The summed E-state index contributed by atoms with van der Waals surface area (Å²) in [4.78, 5) is 27.9. The number of carbonyl (C=O) groups excluding carboxylic acids is 2. The molecule has 3 aliphatic rings. The second-order valence-electron chi connectivity index (χ2n) is 10.5. The number of dihydropyridines is 1. The highest BCUT2D eigenvalue weighted by Gasteiger charge is 2.44. The molecule has 1 fully saturated rings. The lowest BCUT2D eigenvalue weighted by Gasteiger charge is -2.37. The number of nitrogens with one attached hydrogen (secondary N) is 1. The Morgan fingerprint density at radius 3 is 2.20 bits per heavy atom. The molecule has 1 saturated carbocycles. The molecule has 0 aromatic heterocycles. The molecule has 0 amide bonds. The van der Waals surface area contributed by atoms with E-state index in [2.05, 4.69) is 5.32 Å². The van der Waals surface area contributed by atoms with Crippen LogP contribution in [0.15, 0.2) is 58.9 Å². The van der Waals surface area contributed by atoms with Crippen LogP contribution in [0, 0.1) is 0 Å². The molecule has 1 N–H and O–H groups in total. The molecule has 212 valence electrons. The molecule has 0 bridgehead atoms. The highest BCUT2D eigenvalue weighted by molar-refractivity contribution is 6.04. The van der Waals surface area contributed by atoms with E-state index in [9.17, 15) is 9.59 Å². The predicted octanol–water partition coefficient (Wildman–Crippen LogP) is 5.57. The standard InChI is InChI=1S/C32H37NO7/c1-18-27(32(35)40-20-10-6-7-11-20)28(22-14-15-26(37-3)31(39-5)30(22)38-4)29-23(33-18)16-19(17-24(29)34)21-12-8-9-13-25(21)36-2/h8-9,12-15,19-20,28,33H,6-7,10-11,16-17H2,1-5H3/t19-,28-/m0/s1. The highest BCUT2D eigenvalue weighted by atomic mass is 16.5. The number of rotatable bonds is 8. The number of Topliss-reactive ketones (excluding diaryl/α,β-unsaturated/α-hetero) is 1. The third-order valence-electron chi connectivity index (χ3n) is 8.25. The van der Waals surface area contributed by atoms with Crippen LogP contribution in [-0.2, 0) is 14.3 Å². The second-order valence-corrected chi connectivity index (χ2v) is 10.5. The van der Waals surface area contributed by atoms with Crippen molar-refractivity contribution in [3.8, 4) is 23.0 Å². The van der Waals surface area contributed by atoms with Gasteiger partial charge in [-0.3, -0.25) is 4.79 Å². The summed E-state index contributed by atoms with van der Waals surface area (Å²) >= 11 is 0. The fraction of sp³-hybridized carbons (Fsp3) is 0.438. The van der Waals surface area contributed by atoms with E-state index in [4.69, 9.17) is 23.7 Å². The molecule has 0 saturated heterocycles. The van der Waals surface area contributed by atoms with E-state index in [1.54, 1.807) is 27.4 Å². The zero-order chi connectivity index (χ0) is 28.4. The van der Waals surface area contributed by atoms with E-state index >= 15 is 0 Å². The largest absolute Gasteiger partial charge is 0.496 e. The summed E-state index contributed by atoms with van der Waals surface area (Å²) in [5.74, 6) is 0.863. The summed E-state index contributed by atoms with van der Waals surface area (Å²) in [6.07, 6.45) is 4.55. The normalized spacial score (nSPS) is 21.1. The van der Waals surface area contributed by atoms with Crippen LogP contribution < -0.4 is 24.3 Å². The average Bonchev–Trinajstić information content (AvgIpc) is 3.48. The lowest BCUT2D eigenvalue weighted by atomic mass is 9.71. The zero-order valence-corrected chi connectivity index (χ0v) is 23.8. The number of esters is 1. The molecular formula is C32H37NO7. The van der Waals surface area contributed by atoms with Gasteiger partial charge < -0.3 is 29.0 Å². The Hall–Kier alpha value is -3.94. The van der Waals surface area contributed by atoms with Gasteiger partial charge in [-0.2, -0.15) is 0 Å². The molecule has 2 aromatic carbocycles. The Bertz CT molecular complexity index is 1370. The van der Waals surface area contributed by atoms with Gasteiger partial charge in [-0.25, -0.2) is 4.79 Å². The number of para-hydroxylation sites is 1. The molecule has 2 atom stereocenters. The first-order valence-corrected chi connectivity index (χ1v) is 13.8. The summed E-state index contributed by atoms with van der Waals surface area (Å²) in [5.41, 5.74) is 4.07. The molecule has 0 radical (unpaired) electrons. The third-order valence-corrected chi connectivity index (χ3v) is 8.25. The van der Waals surface area contributed by atoms with E-state index in [0.717, 1.165) is 42.7 Å². The minimum Gasteiger partial charge on any atom is -0.496 e. The van der Waals surface area contributed by atoms with E-state index in [0.29, 0.717) is 46.1 Å². The van der Waals surface area contributed by atoms with Crippen LogP contribution in [0.1, 0.15) is 68.4 Å². The summed E-state index contributed by atoms with van der Waals surface area (Å²) in [7, 11) is 6.28. The van der Waals surface area contributed by atoms with Gasteiger partial charge >= 0.3 is 5.97 Å². The molecule has 8 nitrogen and oxygen atoms in total. The molecule has 40 heavy (non-hydrogen) atoms. The van der Waals surface area contributed by atoms with E-state index in [1.807, 2.05) is 37.3 Å². The van der Waals surface area contributed by atoms with Gasteiger partial charge in [0.15, 0.2) is 17.3 Å². The van der Waals surface area contributed by atoms with Crippen molar-refractivity contribution in [1.82, 2.24) is 5.32 Å². The number of ether oxygens (including phenoxy) is 5. The first kappa shape index (κ1) is 27.6. The fourth-order valence-corrected chi connectivity index (χ4v) is 6.42. The van der Waals surface area contributed by atoms with Crippen LogP contribution in [0.25, 0.3) is 0 Å². The lowest BCUT2D eigenvalue weighted by molar-refractivity contribution is -0.144. The van der Waals surface area contributed by atoms with E-state index < -0.39 is 11.9 Å². The SMILES string of the molecule is COc1ccccc1[C@@H]1CC(=O)C2=C(C1)NC(C)=C(C(=O)OC1CCCC1)[C@@H]2c1ccc(OC)c(OC)c1OC. The number of benzene rings is 2. The van der Waals surface area contributed by atoms with Crippen molar-refractivity contribution in [3.05, 3.63) is 70.1 Å². The Kier molecular flexibility index (Phi) is 8.05. The maximum Gasteiger partial charge on any atom is 0.337 e. The Balaban J connectivity index is 1.64. The molecule has 2 aliphatic carbocycles. The molecule has 2 aromatic rings. The minimum atomic E-state index is -0.689. The average molecular weight is 548 g/mol. The fourth-order valence-electron chi connectivity index (χ4n) is 6.42. The maximum absolute atomic E-state index is 14.1. The first-order valence-electron chi connectivity index (χ1n) is 13.8. The lowest BCUT2D eigenvalue weighted by Crippen LogP contribution is -2.36. The first-order chi connectivity index (χ1) is 19.4. The van der Waals surface area contributed by atoms with Crippen LogP contribution in [0.3, 0.4) is 0 Å². The van der Waals surface area contributed by atoms with E-state index in [1.165, 1.54) is 7.11 Å². The van der Waals surface area contributed by atoms with Crippen LogP contribution in [0.4, 0.5) is 0 Å². The Morgan fingerprint density at radius 1 is 0.825 bits per heavy atom. The van der Waals surface area contributed by atoms with Gasteiger partial charge in [0.25, 0.3) is 0 Å². The van der Waals surface area contributed by atoms with Crippen LogP contribution in [0.2, 0.25) is 0 Å². The van der Waals surface area contributed by atoms with Gasteiger partial charge in [-0.1, -0.05) is 24.3 Å². The number of methoxy groups -OCH3 is 4. The molecule has 1 aliphatic heterocycles. The van der Waals surface area contributed by atoms with Gasteiger partial charge in [-0.05, 0) is 56.7 Å². The summed E-state index contributed by atoms with van der Waals surface area (Å²) in [6.45, 7) is 1.87. The molecule has 1 heterocycles. The third kappa shape index (κ3) is 4.91. The van der Waals surface area contributed by atoms with Crippen molar-refractivity contribution >= 4 is 11.8 Å². The Labute approximate surface area is 235 Å². The quantitative estimate of drug-likeness (QED) is 0.429. The van der Waals surface area contributed by atoms with Gasteiger partial charge in [-0.15, -0.1) is 0 Å². The van der Waals surface area contributed by atoms with Crippen LogP contribution in [-0.4, -0.2) is 46.3 Å². The van der Waals surface area contributed by atoms with Crippen LogP contribution in [0.5, 0.6) is 23.0 Å². The summed E-state index contributed by atoms with van der Waals surface area (Å²) in [6, 6.07) is 11.4. The molecule has 0 spiro atoms. The van der Waals surface area contributed by atoms with Crippen molar-refractivity contribution in [2.24, 2.45) is 0 Å². The van der Waals surface area contributed by atoms with Gasteiger partial charge in [0.1, 0.15) is 11.9 Å². The predicted molar refractivity (Wildman–Crippen MR) is 150 cm³/mol. The minimum absolute atomic E-state index is 0.0369. The topological polar surface area (TPSA) is 92.3 Å². The monoisotopic (exact) mass is 547 g/mol. The summed E-state index contributed by atoms with van der Waals surface area (Å²) in [5, 5.41) is 3.43. The number of carbonyl (C=O) groups is 2. The van der Waals surface area contributed by atoms with Crippen molar-refractivity contribution < 1.29 is 33.3 Å². The molecule has 0 unspecified atom stereocenters. The number of ketones is 1. The van der Waals surface area contributed by atoms with Crippen molar-refractivity contribution in [2.75, 3.05) is 28.4 Å². The summed E-state index contributed by atoms with van der Waals surface area (Å²) < 4.78 is 28.6. The van der Waals surface area contributed by atoms with Crippen molar-refractivity contribution in [2.45, 2.75) is 63.4 Å². The second kappa shape index (κ2) is 11.7. The van der Waals surface area contributed by atoms with Gasteiger partial charge in [0.2, 0.25) is 5.75 Å². The Morgan fingerprint density at radius 2 is 1.52 bits per heavy atom. The molecular weight excluding hydrogens is 510 g/mol. The number of hydrogen-bond acceptors (Lipinski definition) is 8. The van der Waals surface area contributed by atoms with Gasteiger partial charge in [0.05, 0.1) is 39.9 Å². The zero-order valence-electron chi connectivity index (χ0n) is 23.8.